The Labute approximate surface area is 96.5 Å². The maximum Gasteiger partial charge on any atom is 0.115 e. The van der Waals surface area contributed by atoms with Crippen molar-refractivity contribution in [2.45, 2.75) is 43.9 Å². The van der Waals surface area contributed by atoms with Gasteiger partial charge >= 0.3 is 0 Å². The Kier molecular flexibility index (Phi) is 1.75. The summed E-state index contributed by atoms with van der Waals surface area (Å²) in [5.74, 6) is 3.02. The third-order valence-electron chi connectivity index (χ3n) is 5.21. The summed E-state index contributed by atoms with van der Waals surface area (Å²) in [5.41, 5.74) is 1.89. The van der Waals surface area contributed by atoms with E-state index in [0.717, 1.165) is 17.8 Å². The molecule has 4 saturated carbocycles. The Balaban J connectivity index is 1.77. The van der Waals surface area contributed by atoms with E-state index < -0.39 is 0 Å². The number of hydrogen-bond acceptors (Lipinski definition) is 2. The topological polar surface area (TPSA) is 25.8 Å². The van der Waals surface area contributed by atoms with Crippen LogP contribution in [0.2, 0.25) is 0 Å². The standard InChI is InChI=1S/C14H18N2/c1-10-2-12-3-11(1)5-14(4-10,6-12)13-7-15-9-16-8-13/h7-12H,1-6H2. The molecule has 0 aromatic carbocycles. The lowest BCUT2D eigenvalue weighted by molar-refractivity contribution is -0.00550. The van der Waals surface area contributed by atoms with Gasteiger partial charge in [-0.3, -0.25) is 0 Å². The molecule has 0 unspecified atom stereocenters. The number of aromatic nitrogens is 2. The van der Waals surface area contributed by atoms with Crippen LogP contribution >= 0.6 is 0 Å². The van der Waals surface area contributed by atoms with Crippen LogP contribution in [0.15, 0.2) is 18.7 Å². The molecule has 4 aliphatic rings. The molecule has 4 fully saturated rings. The van der Waals surface area contributed by atoms with Gasteiger partial charge in [0.25, 0.3) is 0 Å². The summed E-state index contributed by atoms with van der Waals surface area (Å²) >= 11 is 0. The van der Waals surface area contributed by atoms with Crippen molar-refractivity contribution in [2.75, 3.05) is 0 Å². The average Bonchev–Trinajstić information content (AvgIpc) is 2.28. The lowest BCUT2D eigenvalue weighted by Gasteiger charge is -2.56. The molecule has 0 aliphatic heterocycles. The van der Waals surface area contributed by atoms with Crippen LogP contribution in [0.3, 0.4) is 0 Å². The molecule has 2 heteroatoms. The number of hydrogen-bond donors (Lipinski definition) is 0. The van der Waals surface area contributed by atoms with Gasteiger partial charge in [0, 0.05) is 12.4 Å². The molecule has 0 spiro atoms. The Bertz CT molecular complexity index is 363. The van der Waals surface area contributed by atoms with Crippen LogP contribution in [-0.4, -0.2) is 9.97 Å². The number of nitrogens with zero attached hydrogens (tertiary/aromatic N) is 2. The summed E-state index contributed by atoms with van der Waals surface area (Å²) in [5, 5.41) is 0. The lowest BCUT2D eigenvalue weighted by atomic mass is 9.48. The largest absolute Gasteiger partial charge is 0.245 e. The monoisotopic (exact) mass is 214 g/mol. The molecule has 4 aliphatic carbocycles. The molecule has 1 aromatic heterocycles. The zero-order valence-electron chi connectivity index (χ0n) is 9.60. The SMILES string of the molecule is c1ncc(C23CC4CC(CC(C4)C2)C3)cn1. The van der Waals surface area contributed by atoms with Crippen molar-refractivity contribution >= 4 is 0 Å². The van der Waals surface area contributed by atoms with E-state index >= 15 is 0 Å². The van der Waals surface area contributed by atoms with Crippen molar-refractivity contribution in [3.05, 3.63) is 24.3 Å². The molecular formula is C14H18N2. The van der Waals surface area contributed by atoms with Crippen LogP contribution in [0.1, 0.15) is 44.1 Å². The predicted octanol–water partition coefficient (Wildman–Crippen LogP) is 2.94. The highest BCUT2D eigenvalue weighted by molar-refractivity contribution is 5.24. The van der Waals surface area contributed by atoms with Crippen LogP contribution in [0.5, 0.6) is 0 Å². The molecule has 0 saturated heterocycles. The summed E-state index contributed by atoms with van der Waals surface area (Å²) in [6.07, 6.45) is 14.5. The molecule has 16 heavy (non-hydrogen) atoms. The molecule has 0 radical (unpaired) electrons. The smallest absolute Gasteiger partial charge is 0.115 e. The second-order valence-corrected chi connectivity index (χ2v) is 6.33. The first-order valence-corrected chi connectivity index (χ1v) is 6.60. The van der Waals surface area contributed by atoms with Gasteiger partial charge in [0.1, 0.15) is 6.33 Å². The summed E-state index contributed by atoms with van der Waals surface area (Å²) in [7, 11) is 0. The summed E-state index contributed by atoms with van der Waals surface area (Å²) in [6, 6.07) is 0. The third-order valence-corrected chi connectivity index (χ3v) is 5.21. The van der Waals surface area contributed by atoms with Crippen LogP contribution in [0.25, 0.3) is 0 Å². The van der Waals surface area contributed by atoms with Gasteiger partial charge in [-0.1, -0.05) is 0 Å². The van der Waals surface area contributed by atoms with E-state index in [1.54, 1.807) is 6.33 Å². The normalized spacial score (nSPS) is 44.9. The van der Waals surface area contributed by atoms with Crippen molar-refractivity contribution in [3.8, 4) is 0 Å². The Morgan fingerprint density at radius 3 is 1.88 bits per heavy atom. The molecule has 4 bridgehead atoms. The highest BCUT2D eigenvalue weighted by Crippen LogP contribution is 2.60. The van der Waals surface area contributed by atoms with Gasteiger partial charge < -0.3 is 0 Å². The van der Waals surface area contributed by atoms with E-state index in [-0.39, 0.29) is 0 Å². The van der Waals surface area contributed by atoms with Crippen molar-refractivity contribution in [1.29, 1.82) is 0 Å². The Morgan fingerprint density at radius 1 is 0.875 bits per heavy atom. The van der Waals surface area contributed by atoms with Gasteiger partial charge in [0.2, 0.25) is 0 Å². The molecule has 2 nitrogen and oxygen atoms in total. The minimum atomic E-state index is 0.468. The molecule has 0 atom stereocenters. The van der Waals surface area contributed by atoms with Crippen LogP contribution < -0.4 is 0 Å². The minimum absolute atomic E-state index is 0.468. The van der Waals surface area contributed by atoms with Crippen molar-refractivity contribution in [1.82, 2.24) is 9.97 Å². The molecule has 1 heterocycles. The van der Waals surface area contributed by atoms with Crippen LogP contribution in [0, 0.1) is 17.8 Å². The first kappa shape index (κ1) is 9.15. The zero-order chi connectivity index (χ0) is 10.6. The van der Waals surface area contributed by atoms with Gasteiger partial charge in [-0.2, -0.15) is 0 Å². The van der Waals surface area contributed by atoms with E-state index in [1.165, 1.54) is 44.1 Å². The first-order valence-electron chi connectivity index (χ1n) is 6.60. The van der Waals surface area contributed by atoms with E-state index in [0.29, 0.717) is 5.41 Å². The highest BCUT2D eigenvalue weighted by Gasteiger charge is 2.51. The second-order valence-electron chi connectivity index (χ2n) is 6.33. The van der Waals surface area contributed by atoms with Crippen LogP contribution in [0.4, 0.5) is 0 Å². The first-order chi connectivity index (χ1) is 7.84. The van der Waals surface area contributed by atoms with Gasteiger partial charge in [0.05, 0.1) is 0 Å². The molecule has 0 N–H and O–H groups in total. The quantitative estimate of drug-likeness (QED) is 0.718. The predicted molar refractivity (Wildman–Crippen MR) is 61.9 cm³/mol. The third kappa shape index (κ3) is 1.19. The lowest BCUT2D eigenvalue weighted by Crippen LogP contribution is -2.48. The number of rotatable bonds is 1. The fourth-order valence-corrected chi connectivity index (χ4v) is 5.04. The van der Waals surface area contributed by atoms with Gasteiger partial charge in [-0.15, -0.1) is 0 Å². The fourth-order valence-electron chi connectivity index (χ4n) is 5.04. The van der Waals surface area contributed by atoms with Gasteiger partial charge in [-0.05, 0) is 67.3 Å². The van der Waals surface area contributed by atoms with E-state index in [1.807, 2.05) is 0 Å². The molecular weight excluding hydrogens is 196 g/mol. The maximum absolute atomic E-state index is 4.23. The van der Waals surface area contributed by atoms with Gasteiger partial charge in [0.15, 0.2) is 0 Å². The van der Waals surface area contributed by atoms with Gasteiger partial charge in [-0.25, -0.2) is 9.97 Å². The molecule has 84 valence electrons. The summed E-state index contributed by atoms with van der Waals surface area (Å²) in [6.45, 7) is 0. The summed E-state index contributed by atoms with van der Waals surface area (Å²) < 4.78 is 0. The summed E-state index contributed by atoms with van der Waals surface area (Å²) in [4.78, 5) is 8.46. The van der Waals surface area contributed by atoms with Crippen molar-refractivity contribution < 1.29 is 0 Å². The minimum Gasteiger partial charge on any atom is -0.245 e. The molecule has 5 rings (SSSR count). The van der Waals surface area contributed by atoms with E-state index in [2.05, 4.69) is 22.4 Å². The average molecular weight is 214 g/mol. The van der Waals surface area contributed by atoms with Crippen LogP contribution in [-0.2, 0) is 5.41 Å². The fraction of sp³-hybridized carbons (Fsp3) is 0.714. The maximum atomic E-state index is 4.23. The Hall–Kier alpha value is -0.920. The van der Waals surface area contributed by atoms with Crippen molar-refractivity contribution in [2.24, 2.45) is 17.8 Å². The highest BCUT2D eigenvalue weighted by atomic mass is 14.8. The second kappa shape index (κ2) is 3.06. The Morgan fingerprint density at radius 2 is 1.38 bits per heavy atom. The molecule has 0 amide bonds. The molecule has 1 aromatic rings. The van der Waals surface area contributed by atoms with Crippen molar-refractivity contribution in [3.63, 3.8) is 0 Å². The van der Waals surface area contributed by atoms with E-state index in [4.69, 9.17) is 0 Å². The zero-order valence-corrected chi connectivity index (χ0v) is 9.60. The van der Waals surface area contributed by atoms with E-state index in [9.17, 15) is 0 Å².